The molecular weight excluding hydrogens is 340 g/mol. The first kappa shape index (κ1) is 19.7. The van der Waals surface area contributed by atoms with Crippen molar-refractivity contribution >= 4 is 21.7 Å². The minimum atomic E-state index is -3.31. The van der Waals surface area contributed by atoms with E-state index >= 15 is 0 Å². The zero-order valence-corrected chi connectivity index (χ0v) is 15.8. The van der Waals surface area contributed by atoms with Gasteiger partial charge in [0.05, 0.1) is 25.5 Å². The molecule has 0 amide bonds. The van der Waals surface area contributed by atoms with Crippen LogP contribution in [0.15, 0.2) is 29.3 Å². The summed E-state index contributed by atoms with van der Waals surface area (Å²) in [6.07, 6.45) is 1.09. The molecule has 0 aromatic heterocycles. The highest BCUT2D eigenvalue weighted by molar-refractivity contribution is 7.89. The Balaban J connectivity index is 1.85. The summed E-state index contributed by atoms with van der Waals surface area (Å²) in [6, 6.07) is 8.03. The van der Waals surface area contributed by atoms with E-state index in [1.807, 2.05) is 12.1 Å². The second kappa shape index (κ2) is 9.17. The summed E-state index contributed by atoms with van der Waals surface area (Å²) in [6.45, 7) is 6.17. The molecule has 0 radical (unpaired) electrons. The number of sulfonamides is 1. The van der Waals surface area contributed by atoms with Crippen LogP contribution in [0.5, 0.6) is 0 Å². The molecule has 1 aliphatic heterocycles. The number of hydrogen-bond donors (Lipinski definition) is 2. The van der Waals surface area contributed by atoms with Crippen LogP contribution >= 0.6 is 0 Å². The lowest BCUT2D eigenvalue weighted by atomic mass is 9.99. The van der Waals surface area contributed by atoms with Crippen LogP contribution in [0.4, 0.5) is 5.69 Å². The van der Waals surface area contributed by atoms with Crippen molar-refractivity contribution in [1.82, 2.24) is 4.31 Å². The van der Waals surface area contributed by atoms with Crippen molar-refractivity contribution < 1.29 is 13.2 Å². The van der Waals surface area contributed by atoms with Gasteiger partial charge in [-0.1, -0.05) is 26.0 Å². The average Bonchev–Trinajstić information content (AvgIpc) is 2.62. The number of ether oxygens (including phenoxy) is 1. The average molecular weight is 369 g/mol. The third kappa shape index (κ3) is 5.98. The van der Waals surface area contributed by atoms with Crippen molar-refractivity contribution in [3.8, 4) is 0 Å². The monoisotopic (exact) mass is 368 g/mol. The van der Waals surface area contributed by atoms with E-state index in [2.05, 4.69) is 36.3 Å². The zero-order chi connectivity index (χ0) is 18.3. The molecule has 1 unspecified atom stereocenters. The number of nitrogens with one attached hydrogen (secondary N) is 1. The van der Waals surface area contributed by atoms with Crippen LogP contribution in [0.1, 0.15) is 31.7 Å². The molecule has 25 heavy (non-hydrogen) atoms. The third-order valence-corrected chi connectivity index (χ3v) is 6.21. The summed E-state index contributed by atoms with van der Waals surface area (Å²) < 4.78 is 31.0. The molecule has 1 fully saturated rings. The Labute approximate surface area is 150 Å². The van der Waals surface area contributed by atoms with Crippen molar-refractivity contribution in [2.24, 2.45) is 10.7 Å². The zero-order valence-electron chi connectivity index (χ0n) is 14.9. The van der Waals surface area contributed by atoms with Gasteiger partial charge in [0, 0.05) is 18.8 Å². The lowest BCUT2D eigenvalue weighted by molar-refractivity contribution is 0.0731. The number of hydrogen-bond acceptors (Lipinski definition) is 4. The van der Waals surface area contributed by atoms with Gasteiger partial charge in [0.25, 0.3) is 0 Å². The molecule has 1 atom stereocenters. The van der Waals surface area contributed by atoms with Crippen molar-refractivity contribution in [3.63, 3.8) is 0 Å². The largest absolute Gasteiger partial charge is 0.379 e. The van der Waals surface area contributed by atoms with Crippen LogP contribution in [0.25, 0.3) is 0 Å². The lowest BCUT2D eigenvalue weighted by Gasteiger charge is -2.25. The Morgan fingerprint density at radius 2 is 1.96 bits per heavy atom. The topological polar surface area (TPSA) is 97.0 Å². The molecule has 1 aromatic rings. The smallest absolute Gasteiger partial charge is 0.216 e. The number of rotatable bonds is 7. The highest BCUT2D eigenvalue weighted by Gasteiger charge is 2.23. The maximum Gasteiger partial charge on any atom is 0.216 e. The molecule has 1 saturated heterocycles. The van der Waals surface area contributed by atoms with E-state index in [9.17, 15) is 8.42 Å². The number of aliphatic imine (C=N–C) groups is 1. The van der Waals surface area contributed by atoms with E-state index < -0.39 is 10.0 Å². The van der Waals surface area contributed by atoms with Gasteiger partial charge in [0.2, 0.25) is 10.0 Å². The Bertz CT molecular complexity index is 668. The van der Waals surface area contributed by atoms with Crippen molar-refractivity contribution in [2.75, 3.05) is 43.9 Å². The second-order valence-electron chi connectivity index (χ2n) is 6.15. The Hall–Kier alpha value is -1.64. The summed E-state index contributed by atoms with van der Waals surface area (Å²) in [5, 5.41) is 2.99. The molecular formula is C17H28N4O3S. The summed E-state index contributed by atoms with van der Waals surface area (Å²) in [7, 11) is -3.31. The lowest BCUT2D eigenvalue weighted by Crippen LogP contribution is -2.42. The van der Waals surface area contributed by atoms with Gasteiger partial charge in [0.1, 0.15) is 0 Å². The standard InChI is InChI=1S/C17H28N4O3S/c1-3-14(2)15-4-6-16(7-5-15)20-17(18)19-8-13-25(22,23)21-9-11-24-12-10-21/h4-7,14H,3,8-13H2,1-2H3,(H3,18,19,20). The fourth-order valence-electron chi connectivity index (χ4n) is 2.55. The van der Waals surface area contributed by atoms with E-state index in [1.165, 1.54) is 9.87 Å². The molecule has 1 aromatic carbocycles. The van der Waals surface area contributed by atoms with E-state index in [4.69, 9.17) is 10.5 Å². The molecule has 1 aliphatic rings. The van der Waals surface area contributed by atoms with Gasteiger partial charge >= 0.3 is 0 Å². The summed E-state index contributed by atoms with van der Waals surface area (Å²) >= 11 is 0. The van der Waals surface area contributed by atoms with Crippen LogP contribution in [0.3, 0.4) is 0 Å². The van der Waals surface area contributed by atoms with Crippen LogP contribution in [-0.4, -0.2) is 57.3 Å². The number of nitrogens with two attached hydrogens (primary N) is 1. The van der Waals surface area contributed by atoms with Crippen LogP contribution in [0.2, 0.25) is 0 Å². The fraction of sp³-hybridized carbons (Fsp3) is 0.588. The quantitative estimate of drug-likeness (QED) is 0.563. The van der Waals surface area contributed by atoms with E-state index in [-0.39, 0.29) is 18.3 Å². The minimum absolute atomic E-state index is 0.0532. The van der Waals surface area contributed by atoms with Crippen molar-refractivity contribution in [1.29, 1.82) is 0 Å². The molecule has 0 spiro atoms. The molecule has 0 bridgehead atoms. The summed E-state index contributed by atoms with van der Waals surface area (Å²) in [5.41, 5.74) is 7.96. The Morgan fingerprint density at radius 1 is 1.32 bits per heavy atom. The summed E-state index contributed by atoms with van der Waals surface area (Å²) in [4.78, 5) is 4.12. The van der Waals surface area contributed by atoms with Gasteiger partial charge in [-0.3, -0.25) is 4.99 Å². The highest BCUT2D eigenvalue weighted by Crippen LogP contribution is 2.20. The van der Waals surface area contributed by atoms with Gasteiger partial charge in [-0.2, -0.15) is 4.31 Å². The van der Waals surface area contributed by atoms with Crippen LogP contribution in [-0.2, 0) is 14.8 Å². The molecule has 3 N–H and O–H groups in total. The van der Waals surface area contributed by atoms with E-state index in [1.54, 1.807) is 0 Å². The molecule has 1 heterocycles. The third-order valence-electron chi connectivity index (χ3n) is 4.36. The van der Waals surface area contributed by atoms with Gasteiger partial charge in [-0.05, 0) is 30.0 Å². The first-order valence-corrected chi connectivity index (χ1v) is 10.3. The molecule has 0 aliphatic carbocycles. The Kier molecular flexibility index (Phi) is 7.22. The second-order valence-corrected chi connectivity index (χ2v) is 8.24. The number of anilines is 1. The maximum atomic E-state index is 12.2. The van der Waals surface area contributed by atoms with Crippen molar-refractivity contribution in [2.45, 2.75) is 26.2 Å². The van der Waals surface area contributed by atoms with E-state index in [0.717, 1.165) is 12.1 Å². The number of guanidine groups is 1. The molecule has 7 nitrogen and oxygen atoms in total. The number of morpholine rings is 1. The van der Waals surface area contributed by atoms with E-state index in [0.29, 0.717) is 32.2 Å². The predicted molar refractivity (Wildman–Crippen MR) is 101 cm³/mol. The predicted octanol–water partition coefficient (Wildman–Crippen LogP) is 1.59. The van der Waals surface area contributed by atoms with Crippen LogP contribution < -0.4 is 11.1 Å². The number of nitrogens with zero attached hydrogens (tertiary/aromatic N) is 2. The van der Waals surface area contributed by atoms with Gasteiger partial charge in [-0.25, -0.2) is 8.42 Å². The normalized spacial score (nSPS) is 18.1. The highest BCUT2D eigenvalue weighted by atomic mass is 32.2. The summed E-state index contributed by atoms with van der Waals surface area (Å²) in [5.74, 6) is 0.682. The maximum absolute atomic E-state index is 12.2. The van der Waals surface area contributed by atoms with Gasteiger partial charge in [-0.15, -0.1) is 0 Å². The molecule has 8 heteroatoms. The van der Waals surface area contributed by atoms with Crippen molar-refractivity contribution in [3.05, 3.63) is 29.8 Å². The number of benzene rings is 1. The molecule has 0 saturated carbocycles. The SMILES string of the molecule is CCC(C)c1ccc(NC(N)=NCCS(=O)(=O)N2CCOCC2)cc1. The van der Waals surface area contributed by atoms with Crippen LogP contribution in [0, 0.1) is 0 Å². The fourth-order valence-corrected chi connectivity index (χ4v) is 3.84. The van der Waals surface area contributed by atoms with Gasteiger partial charge < -0.3 is 15.8 Å². The van der Waals surface area contributed by atoms with Gasteiger partial charge in [0.15, 0.2) is 5.96 Å². The first-order chi connectivity index (χ1) is 11.9. The Morgan fingerprint density at radius 3 is 2.56 bits per heavy atom. The molecule has 140 valence electrons. The first-order valence-electron chi connectivity index (χ1n) is 8.65. The minimum Gasteiger partial charge on any atom is -0.379 e. The molecule has 2 rings (SSSR count).